The minimum absolute atomic E-state index is 0.145. The Morgan fingerprint density at radius 3 is 2.82 bits per heavy atom. The van der Waals surface area contributed by atoms with Gasteiger partial charge in [0.1, 0.15) is 10.5 Å². The molecule has 1 atom stereocenters. The van der Waals surface area contributed by atoms with Crippen molar-refractivity contribution in [1.82, 2.24) is 10.3 Å². The number of rotatable bonds is 3. The second-order valence-electron chi connectivity index (χ2n) is 4.05. The Bertz CT molecular complexity index is 473. The summed E-state index contributed by atoms with van der Waals surface area (Å²) in [6.07, 6.45) is 1.52. The average molecular weight is 255 g/mol. The van der Waals surface area contributed by atoms with E-state index in [0.717, 1.165) is 9.91 Å². The number of nitrogens with one attached hydrogen (secondary N) is 1. The molecule has 0 bridgehead atoms. The molecule has 7 heteroatoms. The zero-order valence-electron chi connectivity index (χ0n) is 9.81. The normalized spacial score (nSPS) is 24.3. The standard InChI is InChI=1S/C10H13N3O3S/c1-6-11-4-7(17-6)13-8(14)10(2,5-16-3)12-9(13)15/h4H,5H2,1-3H3,(H,12,15). The number of hydrogen-bond donors (Lipinski definition) is 1. The average Bonchev–Trinajstić information content (AvgIpc) is 2.72. The molecule has 1 aromatic heterocycles. The van der Waals surface area contributed by atoms with Gasteiger partial charge in [-0.05, 0) is 13.8 Å². The van der Waals surface area contributed by atoms with E-state index in [4.69, 9.17) is 4.74 Å². The number of anilines is 1. The van der Waals surface area contributed by atoms with Crippen LogP contribution in [0.1, 0.15) is 11.9 Å². The molecule has 0 spiro atoms. The number of amides is 3. The number of imide groups is 1. The summed E-state index contributed by atoms with van der Waals surface area (Å²) < 4.78 is 4.96. The van der Waals surface area contributed by atoms with Gasteiger partial charge in [0.15, 0.2) is 0 Å². The van der Waals surface area contributed by atoms with E-state index in [0.29, 0.717) is 5.00 Å². The van der Waals surface area contributed by atoms with E-state index in [1.807, 2.05) is 6.92 Å². The number of methoxy groups -OCH3 is 1. The van der Waals surface area contributed by atoms with Gasteiger partial charge in [-0.1, -0.05) is 0 Å². The first kappa shape index (κ1) is 12.0. The Morgan fingerprint density at radius 1 is 1.59 bits per heavy atom. The number of urea groups is 1. The van der Waals surface area contributed by atoms with Crippen molar-refractivity contribution in [2.24, 2.45) is 0 Å². The predicted octanol–water partition coefficient (Wildman–Crippen LogP) is 0.913. The van der Waals surface area contributed by atoms with Gasteiger partial charge in [0.05, 0.1) is 17.8 Å². The quantitative estimate of drug-likeness (QED) is 0.815. The predicted molar refractivity (Wildman–Crippen MR) is 63.1 cm³/mol. The molecular formula is C10H13N3O3S. The molecule has 1 aliphatic heterocycles. The topological polar surface area (TPSA) is 71.5 Å². The molecule has 1 unspecified atom stereocenters. The van der Waals surface area contributed by atoms with Crippen LogP contribution in [-0.4, -0.2) is 36.2 Å². The van der Waals surface area contributed by atoms with Crippen molar-refractivity contribution in [3.63, 3.8) is 0 Å². The van der Waals surface area contributed by atoms with Gasteiger partial charge in [0, 0.05) is 7.11 Å². The first-order valence-corrected chi connectivity index (χ1v) is 5.87. The highest BCUT2D eigenvalue weighted by Gasteiger charge is 2.49. The molecular weight excluding hydrogens is 242 g/mol. The van der Waals surface area contributed by atoms with Crippen LogP contribution in [0.2, 0.25) is 0 Å². The molecule has 0 radical (unpaired) electrons. The van der Waals surface area contributed by atoms with Gasteiger partial charge >= 0.3 is 6.03 Å². The van der Waals surface area contributed by atoms with Gasteiger partial charge < -0.3 is 10.1 Å². The van der Waals surface area contributed by atoms with Crippen molar-refractivity contribution in [2.45, 2.75) is 19.4 Å². The van der Waals surface area contributed by atoms with E-state index >= 15 is 0 Å². The molecule has 1 fully saturated rings. The number of carbonyl (C=O) groups is 2. The number of carbonyl (C=O) groups excluding carboxylic acids is 2. The Balaban J connectivity index is 2.32. The molecule has 1 N–H and O–H groups in total. The van der Waals surface area contributed by atoms with E-state index < -0.39 is 11.6 Å². The van der Waals surface area contributed by atoms with Crippen molar-refractivity contribution in [2.75, 3.05) is 18.6 Å². The van der Waals surface area contributed by atoms with Crippen LogP contribution >= 0.6 is 11.3 Å². The van der Waals surface area contributed by atoms with E-state index in [1.165, 1.54) is 24.6 Å². The Morgan fingerprint density at radius 2 is 2.29 bits per heavy atom. The van der Waals surface area contributed by atoms with Gasteiger partial charge in [0.2, 0.25) is 0 Å². The van der Waals surface area contributed by atoms with Crippen LogP contribution in [0.15, 0.2) is 6.20 Å². The molecule has 0 saturated carbocycles. The lowest BCUT2D eigenvalue weighted by molar-refractivity contribution is -0.123. The van der Waals surface area contributed by atoms with Gasteiger partial charge in [-0.3, -0.25) is 4.79 Å². The minimum atomic E-state index is -0.996. The highest BCUT2D eigenvalue weighted by molar-refractivity contribution is 7.16. The van der Waals surface area contributed by atoms with E-state index in [2.05, 4.69) is 10.3 Å². The van der Waals surface area contributed by atoms with Gasteiger partial charge in [-0.2, -0.15) is 0 Å². The summed E-state index contributed by atoms with van der Waals surface area (Å²) in [4.78, 5) is 29.1. The summed E-state index contributed by atoms with van der Waals surface area (Å²) in [5.74, 6) is -0.312. The fourth-order valence-corrected chi connectivity index (χ4v) is 2.50. The van der Waals surface area contributed by atoms with E-state index in [1.54, 1.807) is 6.92 Å². The van der Waals surface area contributed by atoms with Gasteiger partial charge in [0.25, 0.3) is 5.91 Å². The van der Waals surface area contributed by atoms with E-state index in [9.17, 15) is 9.59 Å². The van der Waals surface area contributed by atoms with Crippen LogP contribution in [0.4, 0.5) is 9.80 Å². The lowest BCUT2D eigenvalue weighted by atomic mass is 10.1. The number of nitrogens with zero attached hydrogens (tertiary/aromatic N) is 2. The summed E-state index contributed by atoms with van der Waals surface area (Å²) in [5, 5.41) is 3.97. The molecule has 2 rings (SSSR count). The SMILES string of the molecule is COCC1(C)NC(=O)N(c2cnc(C)s2)C1=O. The third kappa shape index (κ3) is 1.91. The highest BCUT2D eigenvalue weighted by atomic mass is 32.1. The maximum absolute atomic E-state index is 12.2. The van der Waals surface area contributed by atoms with Crippen molar-refractivity contribution < 1.29 is 14.3 Å². The Labute approximate surface area is 103 Å². The fraction of sp³-hybridized carbons (Fsp3) is 0.500. The monoisotopic (exact) mass is 255 g/mol. The first-order chi connectivity index (χ1) is 7.98. The van der Waals surface area contributed by atoms with Crippen LogP contribution in [0, 0.1) is 6.92 Å². The van der Waals surface area contributed by atoms with Crippen LogP contribution in [0.3, 0.4) is 0 Å². The number of aryl methyl sites for hydroxylation is 1. The van der Waals surface area contributed by atoms with Crippen molar-refractivity contribution in [1.29, 1.82) is 0 Å². The fourth-order valence-electron chi connectivity index (χ4n) is 1.72. The van der Waals surface area contributed by atoms with Gasteiger partial charge in [-0.15, -0.1) is 11.3 Å². The van der Waals surface area contributed by atoms with Crippen LogP contribution in [0.25, 0.3) is 0 Å². The summed E-state index contributed by atoms with van der Waals surface area (Å²) in [6, 6.07) is -0.432. The Hall–Kier alpha value is -1.47. The van der Waals surface area contributed by atoms with Crippen LogP contribution < -0.4 is 10.2 Å². The zero-order valence-corrected chi connectivity index (χ0v) is 10.6. The first-order valence-electron chi connectivity index (χ1n) is 5.06. The lowest BCUT2D eigenvalue weighted by Gasteiger charge is -2.19. The van der Waals surface area contributed by atoms with Gasteiger partial charge in [-0.25, -0.2) is 14.7 Å². The molecule has 3 amide bonds. The second-order valence-corrected chi connectivity index (χ2v) is 5.27. The lowest BCUT2D eigenvalue weighted by Crippen LogP contribution is -2.47. The number of hydrogen-bond acceptors (Lipinski definition) is 5. The molecule has 92 valence electrons. The van der Waals surface area contributed by atoms with Crippen molar-refractivity contribution in [3.05, 3.63) is 11.2 Å². The third-order valence-electron chi connectivity index (χ3n) is 2.52. The smallest absolute Gasteiger partial charge is 0.330 e. The molecule has 0 aromatic carbocycles. The maximum atomic E-state index is 12.2. The Kier molecular flexibility index (Phi) is 2.88. The zero-order chi connectivity index (χ0) is 12.6. The van der Waals surface area contributed by atoms with E-state index in [-0.39, 0.29) is 12.5 Å². The second kappa shape index (κ2) is 4.08. The number of thiazole rings is 1. The minimum Gasteiger partial charge on any atom is -0.382 e. The largest absolute Gasteiger partial charge is 0.382 e. The number of aromatic nitrogens is 1. The van der Waals surface area contributed by atoms with Crippen LogP contribution in [0.5, 0.6) is 0 Å². The molecule has 1 aromatic rings. The molecule has 17 heavy (non-hydrogen) atoms. The molecule has 2 heterocycles. The van der Waals surface area contributed by atoms with Crippen molar-refractivity contribution in [3.8, 4) is 0 Å². The molecule has 1 saturated heterocycles. The molecule has 6 nitrogen and oxygen atoms in total. The summed E-state index contributed by atoms with van der Waals surface area (Å²) in [5.41, 5.74) is -0.996. The molecule has 1 aliphatic rings. The summed E-state index contributed by atoms with van der Waals surface area (Å²) >= 11 is 1.30. The van der Waals surface area contributed by atoms with Crippen molar-refractivity contribution >= 4 is 28.3 Å². The molecule has 0 aliphatic carbocycles. The highest BCUT2D eigenvalue weighted by Crippen LogP contribution is 2.29. The third-order valence-corrected chi connectivity index (χ3v) is 3.42. The summed E-state index contributed by atoms with van der Waals surface area (Å²) in [6.45, 7) is 3.61. The summed E-state index contributed by atoms with van der Waals surface area (Å²) in [7, 11) is 1.49. The maximum Gasteiger partial charge on any atom is 0.330 e. The number of ether oxygens (including phenoxy) is 1. The van der Waals surface area contributed by atoms with Crippen LogP contribution in [-0.2, 0) is 9.53 Å².